The zero-order chi connectivity index (χ0) is 15.2. The standard InChI is InChI=1S/C17H18N2O2/c1-12(20)19-16(17(18)21)11-13-7-9-15(10-8-13)14-5-3-2-4-6-14/h2-10,16H,11H2,1H3,(H2,18,21)(H,19,20)/t16-/m1/s1. The molecule has 0 aliphatic carbocycles. The largest absolute Gasteiger partial charge is 0.368 e. The third-order valence-electron chi connectivity index (χ3n) is 3.22. The molecule has 0 unspecified atom stereocenters. The van der Waals surface area contributed by atoms with E-state index in [1.165, 1.54) is 6.92 Å². The van der Waals surface area contributed by atoms with Gasteiger partial charge in [-0.1, -0.05) is 54.6 Å². The summed E-state index contributed by atoms with van der Waals surface area (Å²) in [7, 11) is 0. The number of rotatable bonds is 5. The molecule has 0 radical (unpaired) electrons. The fraction of sp³-hybridized carbons (Fsp3) is 0.176. The van der Waals surface area contributed by atoms with Gasteiger partial charge in [0.25, 0.3) is 0 Å². The Morgan fingerprint density at radius 1 is 1.00 bits per heavy atom. The van der Waals surface area contributed by atoms with Gasteiger partial charge in [-0.15, -0.1) is 0 Å². The summed E-state index contributed by atoms with van der Waals surface area (Å²) in [5.74, 6) is -0.794. The van der Waals surface area contributed by atoms with Crippen molar-refractivity contribution in [2.24, 2.45) is 5.73 Å². The highest BCUT2D eigenvalue weighted by Gasteiger charge is 2.16. The number of nitrogens with one attached hydrogen (secondary N) is 1. The maximum absolute atomic E-state index is 11.3. The van der Waals surface area contributed by atoms with E-state index in [0.29, 0.717) is 6.42 Å². The molecule has 0 spiro atoms. The van der Waals surface area contributed by atoms with E-state index in [1.54, 1.807) is 0 Å². The summed E-state index contributed by atoms with van der Waals surface area (Å²) in [4.78, 5) is 22.4. The summed E-state index contributed by atoms with van der Waals surface area (Å²) in [5.41, 5.74) is 8.49. The highest BCUT2D eigenvalue weighted by atomic mass is 16.2. The first-order valence-electron chi connectivity index (χ1n) is 6.77. The molecule has 0 aliphatic heterocycles. The minimum atomic E-state index is -0.676. The minimum Gasteiger partial charge on any atom is -0.368 e. The lowest BCUT2D eigenvalue weighted by molar-refractivity contribution is -0.126. The van der Waals surface area contributed by atoms with Crippen molar-refractivity contribution < 1.29 is 9.59 Å². The zero-order valence-corrected chi connectivity index (χ0v) is 11.9. The van der Waals surface area contributed by atoms with Gasteiger partial charge in [0.2, 0.25) is 11.8 Å². The first-order valence-corrected chi connectivity index (χ1v) is 6.77. The zero-order valence-electron chi connectivity index (χ0n) is 11.9. The van der Waals surface area contributed by atoms with Gasteiger partial charge in [-0.05, 0) is 16.7 Å². The van der Waals surface area contributed by atoms with Crippen LogP contribution < -0.4 is 11.1 Å². The Labute approximate surface area is 124 Å². The molecule has 2 amide bonds. The highest BCUT2D eigenvalue weighted by Crippen LogP contribution is 2.19. The van der Waals surface area contributed by atoms with Crippen LogP contribution in [0, 0.1) is 0 Å². The molecule has 1 atom stereocenters. The van der Waals surface area contributed by atoms with E-state index in [9.17, 15) is 9.59 Å². The molecule has 21 heavy (non-hydrogen) atoms. The topological polar surface area (TPSA) is 72.2 Å². The lowest BCUT2D eigenvalue weighted by Gasteiger charge is -2.14. The molecule has 0 heterocycles. The van der Waals surface area contributed by atoms with Gasteiger partial charge in [0.15, 0.2) is 0 Å². The molecule has 108 valence electrons. The van der Waals surface area contributed by atoms with Crippen LogP contribution in [0.25, 0.3) is 11.1 Å². The van der Waals surface area contributed by atoms with Gasteiger partial charge in [-0.25, -0.2) is 0 Å². The van der Waals surface area contributed by atoms with Gasteiger partial charge in [-0.3, -0.25) is 9.59 Å². The normalized spacial score (nSPS) is 11.7. The van der Waals surface area contributed by atoms with E-state index >= 15 is 0 Å². The maximum atomic E-state index is 11.3. The van der Waals surface area contributed by atoms with Crippen LogP contribution in [0.2, 0.25) is 0 Å². The number of carbonyl (C=O) groups is 2. The monoisotopic (exact) mass is 282 g/mol. The summed E-state index contributed by atoms with van der Waals surface area (Å²) in [6.07, 6.45) is 0.393. The van der Waals surface area contributed by atoms with E-state index in [0.717, 1.165) is 16.7 Å². The maximum Gasteiger partial charge on any atom is 0.240 e. The summed E-state index contributed by atoms with van der Waals surface area (Å²) in [6, 6.07) is 17.2. The molecule has 0 saturated heterocycles. The van der Waals surface area contributed by atoms with Crippen LogP contribution in [0.4, 0.5) is 0 Å². The Hall–Kier alpha value is -2.62. The third-order valence-corrected chi connectivity index (χ3v) is 3.22. The summed E-state index contributed by atoms with van der Waals surface area (Å²) >= 11 is 0. The molecule has 2 rings (SSSR count). The molecule has 0 aromatic heterocycles. The number of carbonyl (C=O) groups excluding carboxylic acids is 2. The van der Waals surface area contributed by atoms with Gasteiger partial charge in [0.1, 0.15) is 6.04 Å². The highest BCUT2D eigenvalue weighted by molar-refractivity contribution is 5.85. The van der Waals surface area contributed by atoms with Crippen molar-refractivity contribution in [2.75, 3.05) is 0 Å². The number of nitrogens with two attached hydrogens (primary N) is 1. The second kappa shape index (κ2) is 6.70. The molecule has 0 saturated carbocycles. The van der Waals surface area contributed by atoms with Gasteiger partial charge in [0, 0.05) is 13.3 Å². The average molecular weight is 282 g/mol. The molecule has 0 aliphatic rings. The fourth-order valence-corrected chi connectivity index (χ4v) is 2.17. The van der Waals surface area contributed by atoms with Crippen molar-refractivity contribution in [1.82, 2.24) is 5.32 Å². The Morgan fingerprint density at radius 2 is 1.57 bits per heavy atom. The van der Waals surface area contributed by atoms with Crippen LogP contribution in [0.15, 0.2) is 54.6 Å². The second-order valence-electron chi connectivity index (χ2n) is 4.92. The van der Waals surface area contributed by atoms with Gasteiger partial charge < -0.3 is 11.1 Å². The predicted octanol–water partition coefficient (Wildman–Crippen LogP) is 1.89. The third kappa shape index (κ3) is 4.18. The number of benzene rings is 2. The van der Waals surface area contributed by atoms with E-state index in [4.69, 9.17) is 5.73 Å². The number of primary amides is 1. The first-order chi connectivity index (χ1) is 10.1. The van der Waals surface area contributed by atoms with Crippen LogP contribution in [-0.2, 0) is 16.0 Å². The summed E-state index contributed by atoms with van der Waals surface area (Å²) in [6.45, 7) is 1.37. The van der Waals surface area contributed by atoms with E-state index in [-0.39, 0.29) is 5.91 Å². The lowest BCUT2D eigenvalue weighted by atomic mass is 10.0. The first kappa shape index (κ1) is 14.8. The van der Waals surface area contributed by atoms with Crippen LogP contribution >= 0.6 is 0 Å². The van der Waals surface area contributed by atoms with Crippen molar-refractivity contribution >= 4 is 11.8 Å². The Morgan fingerprint density at radius 3 is 2.10 bits per heavy atom. The van der Waals surface area contributed by atoms with Crippen molar-refractivity contribution in [1.29, 1.82) is 0 Å². The van der Waals surface area contributed by atoms with Crippen molar-refractivity contribution in [3.05, 3.63) is 60.2 Å². The lowest BCUT2D eigenvalue weighted by Crippen LogP contribution is -2.44. The van der Waals surface area contributed by atoms with Gasteiger partial charge >= 0.3 is 0 Å². The van der Waals surface area contributed by atoms with E-state index < -0.39 is 11.9 Å². The van der Waals surface area contributed by atoms with E-state index in [1.807, 2.05) is 54.6 Å². The quantitative estimate of drug-likeness (QED) is 0.879. The molecule has 0 fully saturated rings. The van der Waals surface area contributed by atoms with Gasteiger partial charge in [-0.2, -0.15) is 0 Å². The van der Waals surface area contributed by atoms with Crippen LogP contribution in [0.3, 0.4) is 0 Å². The van der Waals surface area contributed by atoms with Crippen molar-refractivity contribution in [3.8, 4) is 11.1 Å². The smallest absolute Gasteiger partial charge is 0.240 e. The number of hydrogen-bond acceptors (Lipinski definition) is 2. The Kier molecular flexibility index (Phi) is 4.72. The fourth-order valence-electron chi connectivity index (χ4n) is 2.17. The van der Waals surface area contributed by atoms with Gasteiger partial charge in [0.05, 0.1) is 0 Å². The second-order valence-corrected chi connectivity index (χ2v) is 4.92. The Balaban J connectivity index is 2.11. The van der Waals surface area contributed by atoms with E-state index in [2.05, 4.69) is 5.32 Å². The average Bonchev–Trinajstić information content (AvgIpc) is 2.48. The molecule has 3 N–H and O–H groups in total. The molecule has 4 heteroatoms. The molecular formula is C17H18N2O2. The van der Waals surface area contributed by atoms with Crippen LogP contribution in [0.5, 0.6) is 0 Å². The summed E-state index contributed by atoms with van der Waals surface area (Å²) in [5, 5.41) is 2.56. The van der Waals surface area contributed by atoms with Crippen LogP contribution in [-0.4, -0.2) is 17.9 Å². The van der Waals surface area contributed by atoms with Crippen molar-refractivity contribution in [2.45, 2.75) is 19.4 Å². The molecule has 2 aromatic rings. The predicted molar refractivity (Wildman–Crippen MR) is 82.4 cm³/mol. The molecule has 0 bridgehead atoms. The van der Waals surface area contributed by atoms with Crippen LogP contribution in [0.1, 0.15) is 12.5 Å². The SMILES string of the molecule is CC(=O)N[C@H](Cc1ccc(-c2ccccc2)cc1)C(N)=O. The molecule has 4 nitrogen and oxygen atoms in total. The summed E-state index contributed by atoms with van der Waals surface area (Å²) < 4.78 is 0. The number of amides is 2. The Bertz CT molecular complexity index is 621. The number of hydrogen-bond donors (Lipinski definition) is 2. The molecule has 2 aromatic carbocycles. The minimum absolute atomic E-state index is 0.264. The van der Waals surface area contributed by atoms with Crippen molar-refractivity contribution in [3.63, 3.8) is 0 Å². The molecular weight excluding hydrogens is 264 g/mol.